The molecule has 0 fully saturated rings. The Balaban J connectivity index is 4.32. The van der Waals surface area contributed by atoms with Gasteiger partial charge in [0.1, 0.15) is 6.10 Å². The lowest BCUT2D eigenvalue weighted by molar-refractivity contribution is 0.235. The molecule has 0 aromatic heterocycles. The van der Waals surface area contributed by atoms with Crippen LogP contribution in [0.3, 0.4) is 0 Å². The second kappa shape index (κ2) is 6.17. The molecule has 0 rings (SSSR count). The average Bonchev–Trinajstić information content (AvgIpc) is 2.21. The molecule has 76 valence electrons. The first-order valence-electron chi connectivity index (χ1n) is 5.25. The fraction of sp³-hybridized carbons (Fsp3) is 0.900. The molecule has 2 nitrogen and oxygen atoms in total. The Morgan fingerprint density at radius 1 is 1.15 bits per heavy atom. The van der Waals surface area contributed by atoms with E-state index in [2.05, 4.69) is 26.8 Å². The molecular formula is C10H21NOSi. The Bertz CT molecular complexity index is 164. The van der Waals surface area contributed by atoms with Gasteiger partial charge >= 0.3 is 0 Å². The van der Waals surface area contributed by atoms with E-state index in [4.69, 9.17) is 9.69 Å². The lowest BCUT2D eigenvalue weighted by Crippen LogP contribution is -2.39. The minimum Gasteiger partial charge on any atom is -0.401 e. The van der Waals surface area contributed by atoms with Crippen molar-refractivity contribution in [1.29, 1.82) is 5.26 Å². The molecule has 3 heteroatoms. The number of hydrogen-bond acceptors (Lipinski definition) is 2. The Labute approximate surface area is 83.0 Å². The Morgan fingerprint density at radius 3 is 1.85 bits per heavy atom. The van der Waals surface area contributed by atoms with Crippen LogP contribution < -0.4 is 0 Å². The zero-order chi connectivity index (χ0) is 10.3. The van der Waals surface area contributed by atoms with Gasteiger partial charge in [0.05, 0.1) is 6.07 Å². The van der Waals surface area contributed by atoms with E-state index in [0.29, 0.717) is 0 Å². The van der Waals surface area contributed by atoms with Crippen molar-refractivity contribution in [1.82, 2.24) is 0 Å². The van der Waals surface area contributed by atoms with Gasteiger partial charge in [-0.1, -0.05) is 27.7 Å². The molecule has 0 saturated heterocycles. The third kappa shape index (κ3) is 3.49. The summed E-state index contributed by atoms with van der Waals surface area (Å²) in [5, 5.41) is 8.82. The van der Waals surface area contributed by atoms with Gasteiger partial charge in [0.2, 0.25) is 0 Å². The predicted octanol–water partition coefficient (Wildman–Crippen LogP) is 3.31. The SMILES string of the molecule is CCC(C#N)O[Si](CC)(CC)CC. The minimum absolute atomic E-state index is 0.175. The fourth-order valence-electron chi connectivity index (χ4n) is 1.50. The Kier molecular flexibility index (Phi) is 6.01. The molecule has 0 N–H and O–H groups in total. The smallest absolute Gasteiger partial charge is 0.193 e. The van der Waals surface area contributed by atoms with Crippen LogP contribution in [0, 0.1) is 11.3 Å². The molecule has 0 aliphatic heterocycles. The van der Waals surface area contributed by atoms with Crippen LogP contribution in [0.5, 0.6) is 0 Å². The van der Waals surface area contributed by atoms with Crippen molar-refractivity contribution < 1.29 is 4.43 Å². The van der Waals surface area contributed by atoms with Crippen molar-refractivity contribution in [3.8, 4) is 6.07 Å². The molecule has 0 heterocycles. The maximum absolute atomic E-state index is 8.82. The van der Waals surface area contributed by atoms with Crippen molar-refractivity contribution in [3.63, 3.8) is 0 Å². The van der Waals surface area contributed by atoms with Crippen LogP contribution in [0.4, 0.5) is 0 Å². The van der Waals surface area contributed by atoms with Gasteiger partial charge in [-0.15, -0.1) is 0 Å². The standard InChI is InChI=1S/C10H21NOSi/c1-5-10(9-11)12-13(6-2,7-3)8-4/h10H,5-8H2,1-4H3. The zero-order valence-corrected chi connectivity index (χ0v) is 10.3. The largest absolute Gasteiger partial charge is 0.401 e. The molecule has 0 bridgehead atoms. The fourth-order valence-corrected chi connectivity index (χ4v) is 4.33. The summed E-state index contributed by atoms with van der Waals surface area (Å²) < 4.78 is 5.96. The van der Waals surface area contributed by atoms with Crippen molar-refractivity contribution in [2.24, 2.45) is 0 Å². The van der Waals surface area contributed by atoms with Gasteiger partial charge in [-0.25, -0.2) is 0 Å². The van der Waals surface area contributed by atoms with Crippen LogP contribution in [0.25, 0.3) is 0 Å². The number of nitrogens with zero attached hydrogens (tertiary/aromatic N) is 1. The average molecular weight is 199 g/mol. The lowest BCUT2D eigenvalue weighted by atomic mass is 10.3. The molecule has 0 amide bonds. The Hall–Kier alpha value is -0.333. The number of rotatable bonds is 6. The van der Waals surface area contributed by atoms with E-state index < -0.39 is 8.32 Å². The molecule has 1 atom stereocenters. The first kappa shape index (κ1) is 12.7. The number of nitriles is 1. The van der Waals surface area contributed by atoms with E-state index in [1.807, 2.05) is 6.92 Å². The van der Waals surface area contributed by atoms with Crippen LogP contribution in [-0.2, 0) is 4.43 Å². The summed E-state index contributed by atoms with van der Waals surface area (Å²) in [7, 11) is -1.54. The van der Waals surface area contributed by atoms with Crippen LogP contribution in [0.2, 0.25) is 18.1 Å². The van der Waals surface area contributed by atoms with E-state index in [1.165, 1.54) is 0 Å². The monoisotopic (exact) mass is 199 g/mol. The number of hydrogen-bond donors (Lipinski definition) is 0. The summed E-state index contributed by atoms with van der Waals surface area (Å²) in [4.78, 5) is 0. The molecular weight excluding hydrogens is 178 g/mol. The summed E-state index contributed by atoms with van der Waals surface area (Å²) in [5.41, 5.74) is 0. The van der Waals surface area contributed by atoms with Gasteiger partial charge in [-0.05, 0) is 24.6 Å². The van der Waals surface area contributed by atoms with Crippen LogP contribution >= 0.6 is 0 Å². The normalized spacial score (nSPS) is 13.8. The quantitative estimate of drug-likeness (QED) is 0.615. The highest BCUT2D eigenvalue weighted by atomic mass is 28.4. The third-order valence-electron chi connectivity index (χ3n) is 2.84. The maximum atomic E-state index is 8.82. The van der Waals surface area contributed by atoms with Gasteiger partial charge in [-0.3, -0.25) is 0 Å². The topological polar surface area (TPSA) is 33.0 Å². The molecule has 13 heavy (non-hydrogen) atoms. The summed E-state index contributed by atoms with van der Waals surface area (Å²) in [6, 6.07) is 5.59. The van der Waals surface area contributed by atoms with Crippen LogP contribution in [0.15, 0.2) is 0 Å². The predicted molar refractivity (Wildman–Crippen MR) is 58.0 cm³/mol. The molecule has 0 radical (unpaired) electrons. The van der Waals surface area contributed by atoms with E-state index in [1.54, 1.807) is 0 Å². The van der Waals surface area contributed by atoms with Gasteiger partial charge in [0.25, 0.3) is 0 Å². The van der Waals surface area contributed by atoms with Gasteiger partial charge in [-0.2, -0.15) is 5.26 Å². The second-order valence-corrected chi connectivity index (χ2v) is 8.11. The highest BCUT2D eigenvalue weighted by molar-refractivity contribution is 6.73. The van der Waals surface area contributed by atoms with Crippen LogP contribution in [0.1, 0.15) is 34.1 Å². The van der Waals surface area contributed by atoms with E-state index in [-0.39, 0.29) is 6.10 Å². The van der Waals surface area contributed by atoms with E-state index in [0.717, 1.165) is 24.6 Å². The maximum Gasteiger partial charge on any atom is 0.193 e. The van der Waals surface area contributed by atoms with Crippen LogP contribution in [-0.4, -0.2) is 14.4 Å². The molecule has 0 aromatic rings. The molecule has 0 saturated carbocycles. The van der Waals surface area contributed by atoms with Crippen molar-refractivity contribution in [2.75, 3.05) is 0 Å². The lowest BCUT2D eigenvalue weighted by Gasteiger charge is -2.30. The zero-order valence-electron chi connectivity index (χ0n) is 9.26. The summed E-state index contributed by atoms with van der Waals surface area (Å²) in [6.45, 7) is 8.56. The highest BCUT2D eigenvalue weighted by Gasteiger charge is 2.31. The first-order valence-corrected chi connectivity index (χ1v) is 7.78. The van der Waals surface area contributed by atoms with Crippen molar-refractivity contribution in [2.45, 2.75) is 58.4 Å². The minimum atomic E-state index is -1.54. The second-order valence-electron chi connectivity index (χ2n) is 3.39. The van der Waals surface area contributed by atoms with Crippen molar-refractivity contribution in [3.05, 3.63) is 0 Å². The molecule has 0 aliphatic rings. The summed E-state index contributed by atoms with van der Waals surface area (Å²) in [6.07, 6.45) is 0.636. The first-order chi connectivity index (χ1) is 6.17. The van der Waals surface area contributed by atoms with E-state index >= 15 is 0 Å². The third-order valence-corrected chi connectivity index (χ3v) is 7.49. The van der Waals surface area contributed by atoms with Crippen molar-refractivity contribution >= 4 is 8.32 Å². The van der Waals surface area contributed by atoms with Gasteiger partial charge < -0.3 is 4.43 Å². The molecule has 0 aromatic carbocycles. The molecule has 1 unspecified atom stereocenters. The van der Waals surface area contributed by atoms with Gasteiger partial charge in [0.15, 0.2) is 8.32 Å². The highest BCUT2D eigenvalue weighted by Crippen LogP contribution is 2.23. The molecule has 0 aliphatic carbocycles. The summed E-state index contributed by atoms with van der Waals surface area (Å²) in [5.74, 6) is 0. The summed E-state index contributed by atoms with van der Waals surface area (Å²) >= 11 is 0. The molecule has 0 spiro atoms. The van der Waals surface area contributed by atoms with Gasteiger partial charge in [0, 0.05) is 0 Å². The van der Waals surface area contributed by atoms with E-state index in [9.17, 15) is 0 Å². The Morgan fingerprint density at radius 2 is 1.62 bits per heavy atom.